The Morgan fingerprint density at radius 2 is 1.67 bits per heavy atom. The highest BCUT2D eigenvalue weighted by molar-refractivity contribution is 5.03. The number of aromatic amines is 1. The van der Waals surface area contributed by atoms with Crippen LogP contribution in [0.25, 0.3) is 0 Å². The van der Waals surface area contributed by atoms with Crippen molar-refractivity contribution < 1.29 is 24.1 Å². The second-order valence-electron chi connectivity index (χ2n) is 11.6. The van der Waals surface area contributed by atoms with Gasteiger partial charge in [-0.2, -0.15) is 0 Å². The van der Waals surface area contributed by atoms with E-state index in [2.05, 4.69) is 32.8 Å². The first kappa shape index (κ1) is 30.6. The molecular formula is C30H52N4O5. The zero-order chi connectivity index (χ0) is 27.0. The zero-order valence-electron chi connectivity index (χ0n) is 23.9. The summed E-state index contributed by atoms with van der Waals surface area (Å²) < 4.78 is 23.8. The Morgan fingerprint density at radius 1 is 0.897 bits per heavy atom. The van der Waals surface area contributed by atoms with Crippen LogP contribution in [0.4, 0.5) is 0 Å². The number of unbranched alkanes of at least 4 members (excludes halogenated alkanes) is 7. The number of aryl methyl sites for hydroxylation is 1. The summed E-state index contributed by atoms with van der Waals surface area (Å²) in [5, 5.41) is 25.1. The minimum atomic E-state index is -0.304. The highest BCUT2D eigenvalue weighted by Crippen LogP contribution is 2.40. The fourth-order valence-corrected chi connectivity index (χ4v) is 6.25. The third-order valence-electron chi connectivity index (χ3n) is 8.51. The second-order valence-corrected chi connectivity index (χ2v) is 11.6. The number of allylic oxidation sites excluding steroid dienone is 1. The first-order chi connectivity index (χ1) is 19.3. The first-order valence-corrected chi connectivity index (χ1v) is 15.9. The van der Waals surface area contributed by atoms with Gasteiger partial charge in [-0.1, -0.05) is 44.3 Å². The number of aromatic nitrogens is 4. The van der Waals surface area contributed by atoms with Gasteiger partial charge >= 0.3 is 0 Å². The van der Waals surface area contributed by atoms with Gasteiger partial charge in [0, 0.05) is 38.6 Å². The van der Waals surface area contributed by atoms with Gasteiger partial charge in [0.1, 0.15) is 5.82 Å². The molecule has 0 bridgehead atoms. The number of tetrazole rings is 1. The molecule has 1 aliphatic carbocycles. The van der Waals surface area contributed by atoms with Crippen molar-refractivity contribution in [1.82, 2.24) is 20.6 Å². The third kappa shape index (κ3) is 11.2. The molecule has 9 heteroatoms. The van der Waals surface area contributed by atoms with E-state index in [0.717, 1.165) is 103 Å². The lowest BCUT2D eigenvalue weighted by Gasteiger charge is -2.29. The van der Waals surface area contributed by atoms with E-state index in [0.29, 0.717) is 6.42 Å². The van der Waals surface area contributed by atoms with Crippen molar-refractivity contribution in [2.24, 2.45) is 11.8 Å². The van der Waals surface area contributed by atoms with Gasteiger partial charge in [0.15, 0.2) is 12.6 Å². The van der Waals surface area contributed by atoms with Gasteiger partial charge in [-0.3, -0.25) is 0 Å². The molecule has 4 rings (SSSR count). The Labute approximate surface area is 234 Å². The number of aliphatic hydroxyl groups is 1. The van der Waals surface area contributed by atoms with E-state index in [9.17, 15) is 5.11 Å². The van der Waals surface area contributed by atoms with Crippen LogP contribution in [0.15, 0.2) is 12.2 Å². The van der Waals surface area contributed by atoms with Gasteiger partial charge in [0.2, 0.25) is 0 Å². The van der Waals surface area contributed by atoms with E-state index in [1.165, 1.54) is 32.1 Å². The maximum absolute atomic E-state index is 11.0. The van der Waals surface area contributed by atoms with Crippen molar-refractivity contribution in [3.63, 3.8) is 0 Å². The summed E-state index contributed by atoms with van der Waals surface area (Å²) in [6.45, 7) is 2.44. The zero-order valence-corrected chi connectivity index (χ0v) is 23.9. The quantitative estimate of drug-likeness (QED) is 0.179. The van der Waals surface area contributed by atoms with Crippen LogP contribution in [-0.4, -0.2) is 70.3 Å². The summed E-state index contributed by atoms with van der Waals surface area (Å²) in [7, 11) is 0. The van der Waals surface area contributed by atoms with E-state index in [1.54, 1.807) is 0 Å². The van der Waals surface area contributed by atoms with Crippen molar-refractivity contribution >= 4 is 0 Å². The van der Waals surface area contributed by atoms with Crippen LogP contribution < -0.4 is 0 Å². The van der Waals surface area contributed by atoms with Gasteiger partial charge in [0.25, 0.3) is 0 Å². The van der Waals surface area contributed by atoms with Gasteiger partial charge in [-0.15, -0.1) is 5.10 Å². The van der Waals surface area contributed by atoms with Crippen molar-refractivity contribution in [3.8, 4) is 0 Å². The molecule has 0 amide bonds. The van der Waals surface area contributed by atoms with E-state index >= 15 is 0 Å². The fraction of sp³-hybridized carbons (Fsp3) is 0.900. The molecule has 0 aromatic carbocycles. The lowest BCUT2D eigenvalue weighted by atomic mass is 9.88. The molecule has 2 saturated heterocycles. The number of hydrogen-bond donors (Lipinski definition) is 2. The molecule has 1 aromatic rings. The summed E-state index contributed by atoms with van der Waals surface area (Å²) in [4.78, 5) is 0. The topological polar surface area (TPSA) is 112 Å². The highest BCUT2D eigenvalue weighted by Gasteiger charge is 2.42. The van der Waals surface area contributed by atoms with E-state index in [1.807, 2.05) is 0 Å². The molecule has 222 valence electrons. The lowest BCUT2D eigenvalue weighted by Crippen LogP contribution is -2.30. The van der Waals surface area contributed by atoms with Crippen LogP contribution in [0.1, 0.15) is 115 Å². The molecule has 3 fully saturated rings. The Kier molecular flexibility index (Phi) is 14.2. The van der Waals surface area contributed by atoms with Crippen LogP contribution in [-0.2, 0) is 25.4 Å². The normalized spacial score (nSPS) is 29.9. The van der Waals surface area contributed by atoms with E-state index in [4.69, 9.17) is 18.9 Å². The number of nitrogens with zero attached hydrogens (tertiary/aromatic N) is 3. The van der Waals surface area contributed by atoms with Crippen molar-refractivity contribution in [2.45, 2.75) is 140 Å². The lowest BCUT2D eigenvalue weighted by molar-refractivity contribution is -0.193. The Bertz CT molecular complexity index is 767. The summed E-state index contributed by atoms with van der Waals surface area (Å²) in [5.41, 5.74) is 0. The number of rotatable bonds is 18. The van der Waals surface area contributed by atoms with Crippen molar-refractivity contribution in [1.29, 1.82) is 0 Å². The van der Waals surface area contributed by atoms with Crippen molar-refractivity contribution in [2.75, 3.05) is 19.8 Å². The van der Waals surface area contributed by atoms with Crippen LogP contribution in [0.3, 0.4) is 0 Å². The van der Waals surface area contributed by atoms with Crippen LogP contribution in [0.5, 0.6) is 0 Å². The number of hydrogen-bond acceptors (Lipinski definition) is 8. The number of ether oxygens (including phenoxy) is 4. The fourth-order valence-electron chi connectivity index (χ4n) is 6.25. The maximum Gasteiger partial charge on any atom is 0.157 e. The summed E-state index contributed by atoms with van der Waals surface area (Å²) in [6, 6.07) is 0. The molecule has 0 radical (unpaired) electrons. The van der Waals surface area contributed by atoms with Gasteiger partial charge < -0.3 is 24.1 Å². The molecule has 0 spiro atoms. The molecular weight excluding hydrogens is 496 g/mol. The maximum atomic E-state index is 11.0. The molecule has 2 unspecified atom stereocenters. The Morgan fingerprint density at radius 3 is 2.44 bits per heavy atom. The number of nitrogens with one attached hydrogen (secondary N) is 1. The van der Waals surface area contributed by atoms with Crippen LogP contribution >= 0.6 is 0 Å². The van der Waals surface area contributed by atoms with E-state index < -0.39 is 0 Å². The molecule has 1 saturated carbocycles. The highest BCUT2D eigenvalue weighted by atomic mass is 16.7. The second kappa shape index (κ2) is 18.1. The van der Waals surface area contributed by atoms with Gasteiger partial charge in [0.05, 0.1) is 12.2 Å². The summed E-state index contributed by atoms with van der Waals surface area (Å²) in [5.74, 6) is 1.38. The number of H-pyrrole nitrogens is 1. The Balaban J connectivity index is 1.15. The number of aliphatic hydroxyl groups excluding tert-OH is 1. The average Bonchev–Trinajstić information content (AvgIpc) is 3.58. The van der Waals surface area contributed by atoms with Gasteiger partial charge in [-0.25, -0.2) is 5.10 Å². The van der Waals surface area contributed by atoms with E-state index in [-0.39, 0.29) is 36.6 Å². The average molecular weight is 549 g/mol. The third-order valence-corrected chi connectivity index (χ3v) is 8.51. The predicted molar refractivity (Wildman–Crippen MR) is 149 cm³/mol. The molecule has 39 heavy (non-hydrogen) atoms. The van der Waals surface area contributed by atoms with Crippen molar-refractivity contribution in [3.05, 3.63) is 18.0 Å². The SMILES string of the molecule is O[C@@H]1C[C@H](OC2CCCCO2)[C@@H](C=CCCCCCCOC2CCCCO2)[C@@H]1CCCCCCc1nnn[nH]1. The smallest absolute Gasteiger partial charge is 0.157 e. The minimum Gasteiger partial charge on any atom is -0.393 e. The molecule has 3 aliphatic rings. The van der Waals surface area contributed by atoms with Crippen LogP contribution in [0.2, 0.25) is 0 Å². The minimum absolute atomic E-state index is 0.0300. The van der Waals surface area contributed by atoms with Crippen LogP contribution in [0, 0.1) is 11.8 Å². The largest absolute Gasteiger partial charge is 0.393 e. The molecule has 9 nitrogen and oxygen atoms in total. The monoisotopic (exact) mass is 548 g/mol. The standard InChI is InChI=1S/C30H52N4O5/c35-26-23-27(39-30-19-11-14-22-38-30)25(24(26)15-7-4-5-9-17-28-31-33-34-32-28)16-8-3-1-2-6-12-20-36-29-18-10-13-21-37-29/h8,16,24-27,29-30,35H,1-7,9-15,17-23H2,(H,31,32,33,34)/t24-,25-,26+,27-,29?,30?/m0/s1. The first-order valence-electron chi connectivity index (χ1n) is 15.9. The predicted octanol–water partition coefficient (Wildman–Crippen LogP) is 5.65. The summed E-state index contributed by atoms with van der Waals surface area (Å²) >= 11 is 0. The molecule has 2 aliphatic heterocycles. The molecule has 3 heterocycles. The molecule has 1 aromatic heterocycles. The summed E-state index contributed by atoms with van der Waals surface area (Å²) in [6.07, 6.45) is 24.0. The Hall–Kier alpha value is -1.39. The molecule has 6 atom stereocenters. The van der Waals surface area contributed by atoms with Gasteiger partial charge in [-0.05, 0) is 87.0 Å². The molecule has 2 N–H and O–H groups in total.